The van der Waals surface area contributed by atoms with Crippen LogP contribution in [0.15, 0.2) is 0 Å². The summed E-state index contributed by atoms with van der Waals surface area (Å²) in [5.41, 5.74) is 0. The minimum Gasteiger partial charge on any atom is -0.481 e. The molecule has 0 fully saturated rings. The van der Waals surface area contributed by atoms with Gasteiger partial charge in [-0.1, -0.05) is 0 Å². The number of ether oxygens (including phenoxy) is 1. The fraction of sp³-hybridized carbons (Fsp3) is 0.636. The van der Waals surface area contributed by atoms with Gasteiger partial charge in [0.2, 0.25) is 5.91 Å². The number of carboxylic acid groups (broad SMARTS) is 2. The number of carboxylic acids is 2. The molecule has 0 rings (SSSR count). The van der Waals surface area contributed by atoms with Crippen molar-refractivity contribution >= 4 is 35.6 Å². The number of rotatable bonds is 9. The van der Waals surface area contributed by atoms with E-state index >= 15 is 0 Å². The first kappa shape index (κ1) is 18.2. The molecule has 2 atom stereocenters. The van der Waals surface area contributed by atoms with Crippen molar-refractivity contribution in [1.29, 1.82) is 0 Å². The lowest BCUT2D eigenvalue weighted by Gasteiger charge is -2.17. The van der Waals surface area contributed by atoms with Gasteiger partial charge < -0.3 is 20.3 Å². The smallest absolute Gasteiger partial charge is 0.327 e. The number of carbonyl (C=O) groups is 4. The molecule has 8 nitrogen and oxygen atoms in total. The Hall–Kier alpha value is -1.77. The lowest BCUT2D eigenvalue weighted by Crippen LogP contribution is -2.42. The third-order valence-electron chi connectivity index (χ3n) is 2.05. The Balaban J connectivity index is 4.62. The molecule has 0 aromatic rings. The van der Waals surface area contributed by atoms with Gasteiger partial charge in [0.25, 0.3) is 0 Å². The summed E-state index contributed by atoms with van der Waals surface area (Å²) in [6.45, 7) is 2.85. The van der Waals surface area contributed by atoms with E-state index in [-0.39, 0.29) is 12.4 Å². The van der Waals surface area contributed by atoms with Gasteiger partial charge in [-0.15, -0.1) is 11.8 Å². The van der Waals surface area contributed by atoms with Crippen LogP contribution in [0.25, 0.3) is 0 Å². The van der Waals surface area contributed by atoms with Crippen LogP contribution in [-0.2, 0) is 23.9 Å². The quantitative estimate of drug-likeness (QED) is 0.496. The highest BCUT2D eigenvalue weighted by molar-refractivity contribution is 8.00. The molecule has 0 spiro atoms. The fourth-order valence-corrected chi connectivity index (χ4v) is 2.35. The largest absolute Gasteiger partial charge is 0.481 e. The van der Waals surface area contributed by atoms with Crippen LogP contribution in [0.3, 0.4) is 0 Å². The maximum Gasteiger partial charge on any atom is 0.327 e. The summed E-state index contributed by atoms with van der Waals surface area (Å²) in [5, 5.41) is 18.8. The van der Waals surface area contributed by atoms with E-state index < -0.39 is 41.5 Å². The summed E-state index contributed by atoms with van der Waals surface area (Å²) in [4.78, 5) is 44.0. The predicted molar refractivity (Wildman–Crippen MR) is 70.4 cm³/mol. The van der Waals surface area contributed by atoms with Gasteiger partial charge >= 0.3 is 17.9 Å². The highest BCUT2D eigenvalue weighted by Crippen LogP contribution is 2.18. The summed E-state index contributed by atoms with van der Waals surface area (Å²) in [7, 11) is 0. The number of aliphatic carboxylic acids is 2. The molecular formula is C11H17NO7S. The summed E-state index contributed by atoms with van der Waals surface area (Å²) in [6.07, 6.45) is -0.476. The van der Waals surface area contributed by atoms with Crippen LogP contribution >= 0.6 is 11.8 Å². The molecule has 3 N–H and O–H groups in total. The molecule has 0 radical (unpaired) electrons. The maximum absolute atomic E-state index is 11.5. The zero-order valence-corrected chi connectivity index (χ0v) is 11.9. The molecule has 114 valence electrons. The summed E-state index contributed by atoms with van der Waals surface area (Å²) >= 11 is 0.825. The predicted octanol–water partition coefficient (Wildman–Crippen LogP) is -0.285. The number of esters is 1. The van der Waals surface area contributed by atoms with Crippen molar-refractivity contribution in [2.75, 3.05) is 12.4 Å². The van der Waals surface area contributed by atoms with Gasteiger partial charge in [0.15, 0.2) is 0 Å². The molecule has 2 unspecified atom stereocenters. The second kappa shape index (κ2) is 9.18. The number of amides is 1. The Morgan fingerprint density at radius 2 is 1.85 bits per heavy atom. The Labute approximate surface area is 119 Å². The molecule has 0 aliphatic rings. The van der Waals surface area contributed by atoms with Crippen LogP contribution in [0.5, 0.6) is 0 Å². The number of nitrogens with one attached hydrogen (secondary N) is 1. The van der Waals surface area contributed by atoms with E-state index in [2.05, 4.69) is 5.32 Å². The number of hydrogen-bond donors (Lipinski definition) is 3. The highest BCUT2D eigenvalue weighted by Gasteiger charge is 2.27. The van der Waals surface area contributed by atoms with E-state index in [1.54, 1.807) is 6.92 Å². The molecule has 0 saturated heterocycles. The van der Waals surface area contributed by atoms with Crippen LogP contribution in [0.1, 0.15) is 20.3 Å². The van der Waals surface area contributed by atoms with E-state index in [1.807, 2.05) is 0 Å². The van der Waals surface area contributed by atoms with Crippen molar-refractivity contribution in [3.63, 3.8) is 0 Å². The Morgan fingerprint density at radius 3 is 2.25 bits per heavy atom. The van der Waals surface area contributed by atoms with Gasteiger partial charge in [-0.2, -0.15) is 0 Å². The van der Waals surface area contributed by atoms with Crippen molar-refractivity contribution in [1.82, 2.24) is 5.32 Å². The molecule has 20 heavy (non-hydrogen) atoms. The third kappa shape index (κ3) is 7.62. The molecule has 1 amide bonds. The first-order valence-corrected chi connectivity index (χ1v) is 6.82. The van der Waals surface area contributed by atoms with Gasteiger partial charge in [0.1, 0.15) is 11.3 Å². The molecule has 0 heterocycles. The average molecular weight is 307 g/mol. The van der Waals surface area contributed by atoms with E-state index in [0.717, 1.165) is 11.8 Å². The summed E-state index contributed by atoms with van der Waals surface area (Å²) in [5.74, 6) is -3.82. The monoisotopic (exact) mass is 307 g/mol. The van der Waals surface area contributed by atoms with Gasteiger partial charge in [-0.05, 0) is 6.92 Å². The minimum atomic E-state index is -1.26. The van der Waals surface area contributed by atoms with Crippen molar-refractivity contribution in [2.24, 2.45) is 0 Å². The fourth-order valence-electron chi connectivity index (χ4n) is 1.24. The molecule has 0 aliphatic carbocycles. The average Bonchev–Trinajstić information content (AvgIpc) is 2.31. The third-order valence-corrected chi connectivity index (χ3v) is 3.34. The number of carbonyl (C=O) groups excluding carboxylic acids is 2. The lowest BCUT2D eigenvalue weighted by molar-refractivity contribution is -0.146. The molecular weight excluding hydrogens is 290 g/mol. The van der Waals surface area contributed by atoms with Gasteiger partial charge in [-0.3, -0.25) is 14.4 Å². The molecule has 9 heteroatoms. The first-order valence-electron chi connectivity index (χ1n) is 5.77. The normalized spacial score (nSPS) is 13.1. The molecule has 0 bridgehead atoms. The SMILES string of the molecule is CCOC(=O)C(CC(=O)O)SCC(NC(C)=O)C(=O)O. The van der Waals surface area contributed by atoms with Crippen LogP contribution < -0.4 is 5.32 Å². The topological polar surface area (TPSA) is 130 Å². The molecule has 0 saturated carbocycles. The first-order chi connectivity index (χ1) is 9.27. The van der Waals surface area contributed by atoms with Crippen molar-refractivity contribution in [3.05, 3.63) is 0 Å². The molecule has 0 aliphatic heterocycles. The van der Waals surface area contributed by atoms with E-state index in [0.29, 0.717) is 0 Å². The Morgan fingerprint density at radius 1 is 1.25 bits per heavy atom. The van der Waals surface area contributed by atoms with Crippen LogP contribution in [0.4, 0.5) is 0 Å². The second-order valence-corrected chi connectivity index (χ2v) is 5.00. The van der Waals surface area contributed by atoms with E-state index in [9.17, 15) is 19.2 Å². The summed E-state index contributed by atoms with van der Waals surface area (Å²) < 4.78 is 4.72. The second-order valence-electron chi connectivity index (χ2n) is 3.76. The maximum atomic E-state index is 11.5. The number of hydrogen-bond acceptors (Lipinski definition) is 6. The standard InChI is InChI=1S/C11H17NO7S/c1-3-19-11(18)8(4-9(14)15)20-5-7(10(16)17)12-6(2)13/h7-8H,3-5H2,1-2H3,(H,12,13)(H,14,15)(H,16,17). The van der Waals surface area contributed by atoms with Gasteiger partial charge in [-0.25, -0.2) is 4.79 Å². The van der Waals surface area contributed by atoms with Crippen molar-refractivity contribution in [2.45, 2.75) is 31.6 Å². The molecule has 0 aromatic heterocycles. The van der Waals surface area contributed by atoms with E-state index in [1.165, 1.54) is 6.92 Å². The summed E-state index contributed by atoms with van der Waals surface area (Å²) in [6, 6.07) is -1.19. The number of thioether (sulfide) groups is 1. The van der Waals surface area contributed by atoms with Crippen LogP contribution in [0, 0.1) is 0 Å². The van der Waals surface area contributed by atoms with Crippen molar-refractivity contribution < 1.29 is 34.1 Å². The van der Waals surface area contributed by atoms with Crippen molar-refractivity contribution in [3.8, 4) is 0 Å². The molecule has 0 aromatic carbocycles. The van der Waals surface area contributed by atoms with E-state index in [4.69, 9.17) is 14.9 Å². The Bertz CT molecular complexity index is 385. The minimum absolute atomic E-state index is 0.101. The van der Waals surface area contributed by atoms with Crippen LogP contribution in [-0.4, -0.2) is 57.7 Å². The Kier molecular flexibility index (Phi) is 8.37. The van der Waals surface area contributed by atoms with Crippen LogP contribution in [0.2, 0.25) is 0 Å². The van der Waals surface area contributed by atoms with Gasteiger partial charge in [0, 0.05) is 12.7 Å². The zero-order chi connectivity index (χ0) is 15.7. The lowest BCUT2D eigenvalue weighted by atomic mass is 10.3. The highest BCUT2D eigenvalue weighted by atomic mass is 32.2. The zero-order valence-electron chi connectivity index (χ0n) is 11.1. The van der Waals surface area contributed by atoms with Gasteiger partial charge in [0.05, 0.1) is 13.0 Å².